The molecule has 9 nitrogen and oxygen atoms in total. The topological polar surface area (TPSA) is 125 Å². The lowest BCUT2D eigenvalue weighted by atomic mass is 10.0. The predicted molar refractivity (Wildman–Crippen MR) is 112 cm³/mol. The second kappa shape index (κ2) is 10.6. The minimum atomic E-state index is -0.682. The van der Waals surface area contributed by atoms with Crippen molar-refractivity contribution in [3.63, 3.8) is 0 Å². The Morgan fingerprint density at radius 1 is 0.966 bits per heavy atom. The van der Waals surface area contributed by atoms with Crippen molar-refractivity contribution in [2.45, 2.75) is 19.9 Å². The van der Waals surface area contributed by atoms with Crippen LogP contribution in [0.2, 0.25) is 0 Å². The summed E-state index contributed by atoms with van der Waals surface area (Å²) in [5.74, 6) is -0.382. The van der Waals surface area contributed by atoms with E-state index in [1.165, 1.54) is 12.1 Å². The second-order valence-corrected chi connectivity index (χ2v) is 6.71. The maximum Gasteiger partial charge on any atom is 0.319 e. The van der Waals surface area contributed by atoms with Crippen LogP contribution in [0.4, 0.5) is 21.9 Å². The van der Waals surface area contributed by atoms with E-state index in [1.54, 1.807) is 36.4 Å². The first-order valence-electron chi connectivity index (χ1n) is 9.25. The number of nitrogens with zero attached hydrogens (tertiary/aromatic N) is 1. The molecule has 0 aliphatic heterocycles. The molecule has 2 aromatic rings. The summed E-state index contributed by atoms with van der Waals surface area (Å²) in [5, 5.41) is 21.9. The molecule has 0 heterocycles. The van der Waals surface area contributed by atoms with Gasteiger partial charge in [0.25, 0.3) is 5.69 Å². The number of anilines is 2. The number of carbonyl (C=O) groups excluding carboxylic acids is 2. The summed E-state index contributed by atoms with van der Waals surface area (Å²) in [6.45, 7) is 4.47. The summed E-state index contributed by atoms with van der Waals surface area (Å²) in [6.07, 6.45) is 0. The van der Waals surface area contributed by atoms with Crippen molar-refractivity contribution in [2.75, 3.05) is 23.7 Å². The van der Waals surface area contributed by atoms with Gasteiger partial charge in [-0.2, -0.15) is 0 Å². The van der Waals surface area contributed by atoms with E-state index in [4.69, 9.17) is 0 Å². The van der Waals surface area contributed by atoms with Crippen LogP contribution in [0.3, 0.4) is 0 Å². The summed E-state index contributed by atoms with van der Waals surface area (Å²) in [7, 11) is 0. The van der Waals surface area contributed by atoms with E-state index in [9.17, 15) is 19.7 Å². The number of non-ortho nitro benzene ring substituents is 1. The number of carbonyl (C=O) groups is 2. The van der Waals surface area contributed by atoms with Crippen LogP contribution in [-0.2, 0) is 4.79 Å². The Morgan fingerprint density at radius 3 is 2.21 bits per heavy atom. The number of amides is 3. The van der Waals surface area contributed by atoms with Crippen molar-refractivity contribution in [2.24, 2.45) is 5.92 Å². The molecule has 4 N–H and O–H groups in total. The molecular weight excluding hydrogens is 374 g/mol. The second-order valence-electron chi connectivity index (χ2n) is 6.71. The smallest absolute Gasteiger partial charge is 0.319 e. The fraction of sp³-hybridized carbons (Fsp3) is 0.300. The van der Waals surface area contributed by atoms with Crippen molar-refractivity contribution in [1.82, 2.24) is 10.6 Å². The highest BCUT2D eigenvalue weighted by Crippen LogP contribution is 2.14. The van der Waals surface area contributed by atoms with Crippen LogP contribution in [0.5, 0.6) is 0 Å². The van der Waals surface area contributed by atoms with Crippen molar-refractivity contribution in [1.29, 1.82) is 0 Å². The Kier molecular flexibility index (Phi) is 7.96. The fourth-order valence-electron chi connectivity index (χ4n) is 2.57. The maximum atomic E-state index is 12.4. The van der Waals surface area contributed by atoms with Gasteiger partial charge in [-0.1, -0.05) is 32.0 Å². The van der Waals surface area contributed by atoms with Crippen molar-refractivity contribution >= 4 is 29.0 Å². The van der Waals surface area contributed by atoms with Crippen LogP contribution in [-0.4, -0.2) is 36.0 Å². The average Bonchev–Trinajstić information content (AvgIpc) is 2.70. The fourth-order valence-corrected chi connectivity index (χ4v) is 2.57. The molecule has 3 amide bonds. The first kappa shape index (κ1) is 21.7. The Labute approximate surface area is 169 Å². The highest BCUT2D eigenvalue weighted by atomic mass is 16.6. The van der Waals surface area contributed by atoms with E-state index in [1.807, 2.05) is 19.9 Å². The number of nitro groups is 1. The van der Waals surface area contributed by atoms with Gasteiger partial charge in [0, 0.05) is 36.6 Å². The molecule has 2 rings (SSSR count). The van der Waals surface area contributed by atoms with Crippen LogP contribution in [0.15, 0.2) is 54.6 Å². The number of urea groups is 1. The summed E-state index contributed by atoms with van der Waals surface area (Å²) in [6, 6.07) is 13.9. The van der Waals surface area contributed by atoms with Gasteiger partial charge in [-0.3, -0.25) is 14.9 Å². The molecule has 2 aromatic carbocycles. The largest absolute Gasteiger partial charge is 0.383 e. The molecule has 0 spiro atoms. The molecular formula is C20H25N5O4. The molecule has 0 radical (unpaired) electrons. The predicted octanol–water partition coefficient (Wildman–Crippen LogP) is 2.97. The normalized spacial score (nSPS) is 11.4. The maximum absolute atomic E-state index is 12.4. The van der Waals surface area contributed by atoms with E-state index in [2.05, 4.69) is 21.3 Å². The van der Waals surface area contributed by atoms with Crippen LogP contribution < -0.4 is 21.3 Å². The first-order valence-corrected chi connectivity index (χ1v) is 9.25. The molecule has 0 saturated carbocycles. The van der Waals surface area contributed by atoms with Crippen LogP contribution in [0.1, 0.15) is 13.8 Å². The quantitative estimate of drug-likeness (QED) is 0.293. The van der Waals surface area contributed by atoms with Gasteiger partial charge in [0.15, 0.2) is 0 Å². The highest BCUT2D eigenvalue weighted by molar-refractivity contribution is 5.93. The molecule has 9 heteroatoms. The van der Waals surface area contributed by atoms with E-state index < -0.39 is 17.0 Å². The molecule has 0 aromatic heterocycles. The zero-order chi connectivity index (χ0) is 21.2. The third-order valence-corrected chi connectivity index (χ3v) is 4.10. The number of nitro benzene ring substituents is 1. The van der Waals surface area contributed by atoms with Gasteiger partial charge in [0.05, 0.1) is 4.92 Å². The van der Waals surface area contributed by atoms with Gasteiger partial charge in [-0.25, -0.2) is 4.79 Å². The monoisotopic (exact) mass is 399 g/mol. The van der Waals surface area contributed by atoms with Crippen molar-refractivity contribution in [3.05, 3.63) is 64.7 Å². The molecule has 0 unspecified atom stereocenters. The molecule has 1 atom stereocenters. The number of hydrogen-bond donors (Lipinski definition) is 4. The molecule has 0 bridgehead atoms. The minimum Gasteiger partial charge on any atom is -0.383 e. The van der Waals surface area contributed by atoms with Crippen LogP contribution in [0, 0.1) is 16.0 Å². The average molecular weight is 399 g/mol. The minimum absolute atomic E-state index is 0.0171. The van der Waals surface area contributed by atoms with Gasteiger partial charge < -0.3 is 21.3 Å². The van der Waals surface area contributed by atoms with E-state index >= 15 is 0 Å². The lowest BCUT2D eigenvalue weighted by molar-refractivity contribution is -0.384. The number of para-hydroxylation sites is 1. The lowest BCUT2D eigenvalue weighted by Crippen LogP contribution is -2.51. The van der Waals surface area contributed by atoms with Gasteiger partial charge >= 0.3 is 6.03 Å². The molecule has 154 valence electrons. The Morgan fingerprint density at radius 2 is 1.62 bits per heavy atom. The summed E-state index contributed by atoms with van der Waals surface area (Å²) < 4.78 is 0. The Balaban J connectivity index is 1.78. The zero-order valence-corrected chi connectivity index (χ0v) is 16.3. The Hall–Kier alpha value is -3.62. The summed E-state index contributed by atoms with van der Waals surface area (Å²) >= 11 is 0. The molecule has 0 aliphatic carbocycles. The lowest BCUT2D eigenvalue weighted by Gasteiger charge is -2.22. The Bertz CT molecular complexity index is 825. The van der Waals surface area contributed by atoms with Gasteiger partial charge in [-0.15, -0.1) is 0 Å². The van der Waals surface area contributed by atoms with Crippen molar-refractivity contribution in [3.8, 4) is 0 Å². The van der Waals surface area contributed by atoms with Gasteiger partial charge in [0.2, 0.25) is 5.91 Å². The van der Waals surface area contributed by atoms with Gasteiger partial charge in [-0.05, 0) is 30.2 Å². The summed E-state index contributed by atoms with van der Waals surface area (Å²) in [5.41, 5.74) is 1.37. The number of nitrogens with one attached hydrogen (secondary N) is 4. The van der Waals surface area contributed by atoms with E-state index in [0.29, 0.717) is 24.5 Å². The SMILES string of the molecule is CC(C)[C@@H](NC(=O)Nc1ccccc1)C(=O)NCCNc1ccc([N+](=O)[O-])cc1. The number of rotatable bonds is 9. The van der Waals surface area contributed by atoms with Crippen LogP contribution in [0.25, 0.3) is 0 Å². The molecule has 29 heavy (non-hydrogen) atoms. The highest BCUT2D eigenvalue weighted by Gasteiger charge is 2.23. The third-order valence-electron chi connectivity index (χ3n) is 4.10. The molecule has 0 aliphatic rings. The molecule has 0 saturated heterocycles. The van der Waals surface area contributed by atoms with E-state index in [-0.39, 0.29) is 17.5 Å². The van der Waals surface area contributed by atoms with Crippen LogP contribution >= 0.6 is 0 Å². The van der Waals surface area contributed by atoms with E-state index in [0.717, 1.165) is 0 Å². The third kappa shape index (κ3) is 7.13. The number of benzene rings is 2. The summed E-state index contributed by atoms with van der Waals surface area (Å²) in [4.78, 5) is 34.8. The number of hydrogen-bond acceptors (Lipinski definition) is 5. The molecule has 0 fully saturated rings. The van der Waals surface area contributed by atoms with Crippen molar-refractivity contribution < 1.29 is 14.5 Å². The standard InChI is InChI=1S/C20H25N5O4/c1-14(2)18(24-20(27)23-16-6-4-3-5-7-16)19(26)22-13-12-21-15-8-10-17(11-9-15)25(28)29/h3-11,14,18,21H,12-13H2,1-2H3,(H,22,26)(H2,23,24,27)/t18-/m1/s1. The van der Waals surface area contributed by atoms with Gasteiger partial charge in [0.1, 0.15) is 6.04 Å². The zero-order valence-electron chi connectivity index (χ0n) is 16.3. The first-order chi connectivity index (χ1) is 13.9.